The third-order valence-corrected chi connectivity index (χ3v) is 8.07. The second-order valence-corrected chi connectivity index (χ2v) is 12.5. The monoisotopic (exact) mass is 643 g/mol. The van der Waals surface area contributed by atoms with Crippen molar-refractivity contribution in [3.05, 3.63) is 41.2 Å². The first-order valence-electron chi connectivity index (χ1n) is 15.0. The summed E-state index contributed by atoms with van der Waals surface area (Å²) >= 11 is 0. The fraction of sp³-hybridized carbons (Fsp3) is 0.516. The largest absolute Gasteiger partial charge is 0.491 e. The van der Waals surface area contributed by atoms with Gasteiger partial charge in [-0.05, 0) is 88.4 Å². The number of nitrogens with zero attached hydrogens (tertiary/aromatic N) is 3. The Morgan fingerprint density at radius 3 is 2.76 bits per heavy atom. The molecule has 1 aliphatic carbocycles. The molecule has 15 heteroatoms. The number of carbonyl (C=O) groups is 4. The molecule has 1 saturated heterocycles. The Balaban J connectivity index is 1.10. The number of anilines is 2. The molecule has 2 aromatic rings. The van der Waals surface area contributed by atoms with Gasteiger partial charge in [0, 0.05) is 11.6 Å². The van der Waals surface area contributed by atoms with E-state index in [9.17, 15) is 24.3 Å². The van der Waals surface area contributed by atoms with Gasteiger partial charge in [0.05, 0.1) is 13.7 Å². The van der Waals surface area contributed by atoms with Crippen LogP contribution in [-0.2, 0) is 31.9 Å². The molecule has 3 N–H and O–H groups in total. The fourth-order valence-corrected chi connectivity index (χ4v) is 5.96. The molecule has 14 nitrogen and oxygen atoms in total. The molecule has 248 valence electrons. The van der Waals surface area contributed by atoms with Crippen LogP contribution in [0.3, 0.4) is 0 Å². The van der Waals surface area contributed by atoms with Crippen molar-refractivity contribution in [1.29, 1.82) is 0 Å². The van der Waals surface area contributed by atoms with Gasteiger partial charge in [-0.2, -0.15) is 0 Å². The minimum absolute atomic E-state index is 0.0853. The number of hydrogen-bond donors (Lipinski definition) is 3. The molecular weight excluding hydrogens is 605 g/mol. The van der Waals surface area contributed by atoms with Gasteiger partial charge in [-0.1, -0.05) is 0 Å². The molecule has 0 saturated carbocycles. The van der Waals surface area contributed by atoms with E-state index < -0.39 is 35.6 Å². The summed E-state index contributed by atoms with van der Waals surface area (Å²) in [5.74, 6) is -0.129. The average Bonchev–Trinajstić information content (AvgIpc) is 3.58. The number of aromatic nitrogens is 1. The number of amides is 3. The van der Waals surface area contributed by atoms with E-state index in [-0.39, 0.29) is 42.7 Å². The van der Waals surface area contributed by atoms with Gasteiger partial charge in [0.25, 0.3) is 5.91 Å². The van der Waals surface area contributed by atoms with Crippen LogP contribution >= 0.6 is 0 Å². The zero-order valence-corrected chi connectivity index (χ0v) is 26.1. The highest BCUT2D eigenvalue weighted by molar-refractivity contribution is 5.95. The molecule has 3 atom stereocenters. The van der Waals surface area contributed by atoms with Crippen molar-refractivity contribution in [2.45, 2.75) is 57.7 Å². The van der Waals surface area contributed by atoms with Crippen molar-refractivity contribution in [1.82, 2.24) is 15.2 Å². The Morgan fingerprint density at radius 2 is 2.04 bits per heavy atom. The summed E-state index contributed by atoms with van der Waals surface area (Å²) in [5, 5.41) is 15.7. The van der Waals surface area contributed by atoms with Gasteiger partial charge in [-0.3, -0.25) is 14.6 Å². The van der Waals surface area contributed by atoms with Crippen LogP contribution in [0.1, 0.15) is 38.3 Å². The number of halogens is 1. The highest BCUT2D eigenvalue weighted by atomic mass is 19.1. The van der Waals surface area contributed by atoms with Crippen LogP contribution in [0, 0.1) is 11.7 Å². The molecule has 3 unspecified atom stereocenters. The first kappa shape index (κ1) is 32.7. The summed E-state index contributed by atoms with van der Waals surface area (Å²) < 4.78 is 36.5. The van der Waals surface area contributed by atoms with Crippen molar-refractivity contribution in [2.75, 3.05) is 50.2 Å². The van der Waals surface area contributed by atoms with Crippen LogP contribution < -0.4 is 25.0 Å². The van der Waals surface area contributed by atoms with Gasteiger partial charge in [-0.25, -0.2) is 23.8 Å². The van der Waals surface area contributed by atoms with Crippen LogP contribution in [-0.4, -0.2) is 96.7 Å². The topological polar surface area (TPSA) is 169 Å². The number of hydrogen-bond acceptors (Lipinski definition) is 10. The van der Waals surface area contributed by atoms with Crippen molar-refractivity contribution < 1.29 is 47.6 Å². The lowest BCUT2D eigenvalue weighted by Gasteiger charge is -2.37. The summed E-state index contributed by atoms with van der Waals surface area (Å²) in [4.78, 5) is 55.2. The molecule has 3 heterocycles. The molecule has 1 fully saturated rings. The zero-order chi connectivity index (χ0) is 33.2. The van der Waals surface area contributed by atoms with Gasteiger partial charge in [0.2, 0.25) is 0 Å². The number of rotatable bonds is 11. The summed E-state index contributed by atoms with van der Waals surface area (Å²) in [7, 11) is 1.17. The standard InChI is InChI=1S/C31H38FN5O9/c1-31(2,3)37(29(40)41)23(28(39)43-4)15-44-20-11-18-9-17(10-21(18)22(32)12-20)13-33-8-7-19-14-36(30(42)46-19)25-6-5-24-27(34-25)35-26(38)16-45-24/h5-6,11-12,17,19,23,33H,7-10,13-16H2,1-4H3,(H,40,41)(H,34,35,38). The van der Waals surface area contributed by atoms with Gasteiger partial charge in [0.15, 0.2) is 24.2 Å². The molecular formula is C31H38FN5O9. The smallest absolute Gasteiger partial charge is 0.415 e. The summed E-state index contributed by atoms with van der Waals surface area (Å²) in [5.41, 5.74) is 0.484. The Bertz CT molecular complexity index is 1510. The van der Waals surface area contributed by atoms with Crippen molar-refractivity contribution >= 4 is 35.7 Å². The number of benzene rings is 1. The lowest BCUT2D eigenvalue weighted by Crippen LogP contribution is -2.56. The third-order valence-electron chi connectivity index (χ3n) is 8.07. The molecule has 2 aliphatic heterocycles. The zero-order valence-electron chi connectivity index (χ0n) is 26.1. The lowest BCUT2D eigenvalue weighted by molar-refractivity contribution is -0.149. The number of carbonyl (C=O) groups excluding carboxylic acids is 3. The minimum atomic E-state index is -1.30. The van der Waals surface area contributed by atoms with E-state index in [0.717, 1.165) is 10.5 Å². The first-order chi connectivity index (χ1) is 21.8. The molecule has 5 rings (SSSR count). The Labute approximate surface area is 265 Å². The Morgan fingerprint density at radius 1 is 1.26 bits per heavy atom. The summed E-state index contributed by atoms with van der Waals surface area (Å²) in [6, 6.07) is 5.03. The van der Waals surface area contributed by atoms with E-state index in [1.165, 1.54) is 18.1 Å². The van der Waals surface area contributed by atoms with Gasteiger partial charge in [-0.15, -0.1) is 0 Å². The van der Waals surface area contributed by atoms with E-state index in [2.05, 4.69) is 15.6 Å². The van der Waals surface area contributed by atoms with E-state index in [4.69, 9.17) is 18.9 Å². The molecule has 1 aromatic carbocycles. The van der Waals surface area contributed by atoms with Crippen molar-refractivity contribution in [3.8, 4) is 11.5 Å². The van der Waals surface area contributed by atoms with Crippen LogP contribution in [0.15, 0.2) is 24.3 Å². The predicted octanol–water partition coefficient (Wildman–Crippen LogP) is 2.97. The van der Waals surface area contributed by atoms with Gasteiger partial charge >= 0.3 is 18.2 Å². The second kappa shape index (κ2) is 13.4. The maximum atomic E-state index is 15.1. The number of pyridine rings is 1. The Kier molecular flexibility index (Phi) is 9.51. The summed E-state index contributed by atoms with van der Waals surface area (Å²) in [6.45, 7) is 6.03. The van der Waals surface area contributed by atoms with Gasteiger partial charge < -0.3 is 34.7 Å². The van der Waals surface area contributed by atoms with Crippen LogP contribution in [0.2, 0.25) is 0 Å². The number of cyclic esters (lactones) is 1. The SMILES string of the molecule is COC(=O)C(COc1cc(F)c2c(c1)CC(CNCCC1CN(c3ccc4c(n3)NC(=O)CO4)C(=O)O1)C2)N(C(=O)O)C(C)(C)C. The highest BCUT2D eigenvalue weighted by Gasteiger charge is 2.39. The maximum Gasteiger partial charge on any atom is 0.415 e. The normalized spacial score (nSPS) is 19.4. The molecule has 0 bridgehead atoms. The maximum absolute atomic E-state index is 15.1. The van der Waals surface area contributed by atoms with Gasteiger partial charge in [0.1, 0.15) is 30.1 Å². The second-order valence-electron chi connectivity index (χ2n) is 12.5. The summed E-state index contributed by atoms with van der Waals surface area (Å²) in [6.07, 6.45) is -0.479. The first-order valence-corrected chi connectivity index (χ1v) is 15.0. The number of fused-ring (bicyclic) bond motifs is 2. The molecule has 3 aliphatic rings. The molecule has 0 spiro atoms. The number of nitrogens with one attached hydrogen (secondary N) is 2. The minimum Gasteiger partial charge on any atom is -0.491 e. The van der Waals surface area contributed by atoms with E-state index in [1.807, 2.05) is 0 Å². The quantitative estimate of drug-likeness (QED) is 0.243. The van der Waals surface area contributed by atoms with Crippen molar-refractivity contribution in [2.24, 2.45) is 5.92 Å². The highest BCUT2D eigenvalue weighted by Crippen LogP contribution is 2.33. The fourth-order valence-electron chi connectivity index (χ4n) is 5.96. The Hall–Kier alpha value is -4.66. The number of methoxy groups -OCH3 is 1. The van der Waals surface area contributed by atoms with Crippen LogP contribution in [0.25, 0.3) is 0 Å². The van der Waals surface area contributed by atoms with Crippen LogP contribution in [0.4, 0.5) is 25.6 Å². The van der Waals surface area contributed by atoms with E-state index in [0.29, 0.717) is 56.0 Å². The van der Waals surface area contributed by atoms with E-state index >= 15 is 4.39 Å². The number of carboxylic acid groups (broad SMARTS) is 1. The molecule has 3 amide bonds. The third kappa shape index (κ3) is 7.25. The average molecular weight is 644 g/mol. The molecule has 1 aromatic heterocycles. The molecule has 46 heavy (non-hydrogen) atoms. The number of esters is 1. The molecule has 0 radical (unpaired) electrons. The van der Waals surface area contributed by atoms with Crippen LogP contribution in [0.5, 0.6) is 11.5 Å². The predicted molar refractivity (Wildman–Crippen MR) is 162 cm³/mol. The van der Waals surface area contributed by atoms with E-state index in [1.54, 1.807) is 39.0 Å². The lowest BCUT2D eigenvalue weighted by atomic mass is 10.0. The number of ether oxygens (including phenoxy) is 4. The van der Waals surface area contributed by atoms with Crippen molar-refractivity contribution in [3.63, 3.8) is 0 Å².